The highest BCUT2D eigenvalue weighted by Gasteiger charge is 2.17. The quantitative estimate of drug-likeness (QED) is 0.474. The third kappa shape index (κ3) is 5.43. The van der Waals surface area contributed by atoms with Crippen LogP contribution in [0.5, 0.6) is 0 Å². The summed E-state index contributed by atoms with van der Waals surface area (Å²) in [5.41, 5.74) is 0.541. The number of carboxylic acids is 1. The zero-order valence-electron chi connectivity index (χ0n) is 16.1. The van der Waals surface area contributed by atoms with Gasteiger partial charge in [0.25, 0.3) is 5.91 Å². The molecule has 0 radical (unpaired) electrons. The number of carbonyl (C=O) groups is 3. The maximum atomic E-state index is 12.4. The number of benzene rings is 2. The van der Waals surface area contributed by atoms with Crippen LogP contribution in [0.4, 0.5) is 10.8 Å². The van der Waals surface area contributed by atoms with Crippen molar-refractivity contribution >= 4 is 51.7 Å². The highest BCUT2D eigenvalue weighted by molar-refractivity contribution is 8.00. The van der Waals surface area contributed by atoms with Crippen molar-refractivity contribution in [2.24, 2.45) is 0 Å². The van der Waals surface area contributed by atoms with Crippen LogP contribution in [0.3, 0.4) is 0 Å². The van der Waals surface area contributed by atoms with E-state index in [0.717, 1.165) is 9.90 Å². The van der Waals surface area contributed by atoms with E-state index in [4.69, 9.17) is 0 Å². The summed E-state index contributed by atoms with van der Waals surface area (Å²) in [7, 11) is 0. The van der Waals surface area contributed by atoms with Crippen molar-refractivity contribution in [1.82, 2.24) is 10.2 Å². The van der Waals surface area contributed by atoms with Gasteiger partial charge in [-0.05, 0) is 50.2 Å². The lowest BCUT2D eigenvalue weighted by Crippen LogP contribution is -2.22. The van der Waals surface area contributed by atoms with Crippen LogP contribution in [0.2, 0.25) is 0 Å². The van der Waals surface area contributed by atoms with Gasteiger partial charge in [-0.15, -0.1) is 22.0 Å². The number of hydrogen-bond donors (Lipinski definition) is 3. The smallest absolute Gasteiger partial charge is 0.336 e. The van der Waals surface area contributed by atoms with Gasteiger partial charge in [0.2, 0.25) is 11.0 Å². The van der Waals surface area contributed by atoms with Crippen molar-refractivity contribution in [3.8, 4) is 0 Å². The van der Waals surface area contributed by atoms with Gasteiger partial charge in [-0.25, -0.2) is 4.79 Å². The summed E-state index contributed by atoms with van der Waals surface area (Å²) in [6.45, 7) is 3.60. The summed E-state index contributed by atoms with van der Waals surface area (Å²) in [5, 5.41) is 23.2. The Kier molecular flexibility index (Phi) is 6.80. The van der Waals surface area contributed by atoms with Gasteiger partial charge in [0.05, 0.1) is 16.4 Å². The van der Waals surface area contributed by atoms with E-state index in [1.165, 1.54) is 35.2 Å². The highest BCUT2D eigenvalue weighted by atomic mass is 32.2. The Hall–Kier alpha value is -3.24. The lowest BCUT2D eigenvalue weighted by molar-refractivity contribution is -0.115. The number of aromatic carboxylic acids is 1. The first-order chi connectivity index (χ1) is 14.3. The van der Waals surface area contributed by atoms with E-state index < -0.39 is 11.9 Å². The van der Waals surface area contributed by atoms with Crippen molar-refractivity contribution in [3.05, 3.63) is 64.7 Å². The minimum Gasteiger partial charge on any atom is -0.478 e. The fourth-order valence-electron chi connectivity index (χ4n) is 2.49. The van der Waals surface area contributed by atoms with Crippen LogP contribution in [-0.2, 0) is 4.79 Å². The standard InChI is InChI=1S/C20H18N4O4S2/c1-11(17(25)22-20-24-23-12(2)30-20)29-14-9-7-13(8-10-14)21-18(26)15-5-3-4-6-16(15)19(27)28/h3-11H,1-2H3,(H,21,26)(H,27,28)(H,22,24,25). The van der Waals surface area contributed by atoms with E-state index in [1.54, 1.807) is 43.3 Å². The molecule has 1 heterocycles. The molecular weight excluding hydrogens is 424 g/mol. The van der Waals surface area contributed by atoms with E-state index >= 15 is 0 Å². The van der Waals surface area contributed by atoms with Crippen LogP contribution in [0, 0.1) is 6.92 Å². The molecule has 30 heavy (non-hydrogen) atoms. The predicted molar refractivity (Wildman–Crippen MR) is 116 cm³/mol. The van der Waals surface area contributed by atoms with Crippen molar-refractivity contribution in [2.45, 2.75) is 24.0 Å². The molecule has 0 aliphatic rings. The van der Waals surface area contributed by atoms with Crippen LogP contribution >= 0.6 is 23.1 Å². The molecule has 8 nitrogen and oxygen atoms in total. The van der Waals surface area contributed by atoms with E-state index in [0.29, 0.717) is 10.8 Å². The molecule has 0 fully saturated rings. The molecule has 3 rings (SSSR count). The molecule has 2 amide bonds. The van der Waals surface area contributed by atoms with Crippen LogP contribution in [0.1, 0.15) is 32.6 Å². The Labute approximate surface area is 180 Å². The van der Waals surface area contributed by atoms with Gasteiger partial charge in [-0.3, -0.25) is 14.9 Å². The zero-order valence-corrected chi connectivity index (χ0v) is 17.7. The molecule has 1 unspecified atom stereocenters. The van der Waals surface area contributed by atoms with Gasteiger partial charge in [-0.2, -0.15) is 0 Å². The molecule has 0 aliphatic heterocycles. The second kappa shape index (κ2) is 9.51. The molecule has 3 N–H and O–H groups in total. The van der Waals surface area contributed by atoms with Crippen molar-refractivity contribution in [2.75, 3.05) is 10.6 Å². The Balaban J connectivity index is 1.60. The molecule has 154 valence electrons. The molecular formula is C20H18N4O4S2. The number of carboxylic acid groups (broad SMARTS) is 1. The molecule has 1 aromatic heterocycles. The largest absolute Gasteiger partial charge is 0.478 e. The van der Waals surface area contributed by atoms with Gasteiger partial charge in [0.15, 0.2) is 0 Å². The monoisotopic (exact) mass is 442 g/mol. The number of carbonyl (C=O) groups excluding carboxylic acids is 2. The van der Waals surface area contributed by atoms with Gasteiger partial charge >= 0.3 is 5.97 Å². The summed E-state index contributed by atoms with van der Waals surface area (Å²) in [6, 6.07) is 13.0. The summed E-state index contributed by atoms with van der Waals surface area (Å²) < 4.78 is 0. The van der Waals surface area contributed by atoms with Gasteiger partial charge in [0.1, 0.15) is 5.01 Å². The third-order valence-electron chi connectivity index (χ3n) is 3.95. The van der Waals surface area contributed by atoms with Gasteiger partial charge < -0.3 is 10.4 Å². The number of aromatic nitrogens is 2. The van der Waals surface area contributed by atoms with Crippen LogP contribution < -0.4 is 10.6 Å². The molecule has 0 aliphatic carbocycles. The van der Waals surface area contributed by atoms with E-state index in [2.05, 4.69) is 20.8 Å². The second-order valence-corrected chi connectivity index (χ2v) is 8.80. The second-order valence-electron chi connectivity index (χ2n) is 6.20. The van der Waals surface area contributed by atoms with E-state index in [9.17, 15) is 19.5 Å². The van der Waals surface area contributed by atoms with Crippen LogP contribution in [0.25, 0.3) is 0 Å². The number of nitrogens with one attached hydrogen (secondary N) is 2. The molecule has 0 saturated heterocycles. The van der Waals surface area contributed by atoms with Gasteiger partial charge in [-0.1, -0.05) is 23.5 Å². The molecule has 2 aromatic carbocycles. The SMILES string of the molecule is Cc1nnc(NC(=O)C(C)Sc2ccc(NC(=O)c3ccccc3C(=O)O)cc2)s1. The number of amides is 2. The maximum absolute atomic E-state index is 12.4. The number of anilines is 2. The van der Waals surface area contributed by atoms with Gasteiger partial charge in [0, 0.05) is 10.6 Å². The molecule has 3 aromatic rings. The first kappa shape index (κ1) is 21.5. The molecule has 0 saturated carbocycles. The summed E-state index contributed by atoms with van der Waals surface area (Å²) in [4.78, 5) is 36.8. The van der Waals surface area contributed by atoms with Crippen molar-refractivity contribution in [1.29, 1.82) is 0 Å². The molecule has 1 atom stereocenters. The first-order valence-electron chi connectivity index (χ1n) is 8.85. The first-order valence-corrected chi connectivity index (χ1v) is 10.5. The average molecular weight is 443 g/mol. The predicted octanol–water partition coefficient (Wildman–Crippen LogP) is 3.92. The van der Waals surface area contributed by atoms with Crippen molar-refractivity contribution < 1.29 is 19.5 Å². The van der Waals surface area contributed by atoms with Crippen molar-refractivity contribution in [3.63, 3.8) is 0 Å². The number of rotatable bonds is 7. The maximum Gasteiger partial charge on any atom is 0.336 e. The summed E-state index contributed by atoms with van der Waals surface area (Å²) in [6.07, 6.45) is 0. The minimum atomic E-state index is -1.16. The molecule has 0 bridgehead atoms. The van der Waals surface area contributed by atoms with E-state index in [-0.39, 0.29) is 22.3 Å². The zero-order chi connectivity index (χ0) is 21.7. The van der Waals surface area contributed by atoms with E-state index in [1.807, 2.05) is 6.92 Å². The summed E-state index contributed by atoms with van der Waals surface area (Å²) in [5.74, 6) is -1.85. The fourth-order valence-corrected chi connectivity index (χ4v) is 3.96. The Morgan fingerprint density at radius 1 is 1.00 bits per heavy atom. The third-order valence-corrected chi connectivity index (χ3v) is 5.82. The Bertz CT molecular complexity index is 1080. The topological polar surface area (TPSA) is 121 Å². The average Bonchev–Trinajstić information content (AvgIpc) is 3.13. The molecule has 10 heteroatoms. The van der Waals surface area contributed by atoms with Crippen LogP contribution in [-0.4, -0.2) is 38.3 Å². The minimum absolute atomic E-state index is 0.0624. The lowest BCUT2D eigenvalue weighted by Gasteiger charge is -2.11. The number of hydrogen-bond acceptors (Lipinski definition) is 7. The normalized spacial score (nSPS) is 11.5. The number of nitrogens with zero attached hydrogens (tertiary/aromatic N) is 2. The highest BCUT2D eigenvalue weighted by Crippen LogP contribution is 2.26. The fraction of sp³-hybridized carbons (Fsp3) is 0.150. The lowest BCUT2D eigenvalue weighted by atomic mass is 10.1. The Morgan fingerprint density at radius 3 is 2.27 bits per heavy atom. The Morgan fingerprint density at radius 2 is 1.67 bits per heavy atom. The van der Waals surface area contributed by atoms with Crippen LogP contribution in [0.15, 0.2) is 53.4 Å². The summed E-state index contributed by atoms with van der Waals surface area (Å²) >= 11 is 2.67. The number of aryl methyl sites for hydroxylation is 1. The number of thioether (sulfide) groups is 1. The molecule has 0 spiro atoms.